The molecule has 0 radical (unpaired) electrons. The molecule has 1 fully saturated rings. The molecule has 1 saturated heterocycles. The highest BCUT2D eigenvalue weighted by molar-refractivity contribution is 9.10. The first-order valence-electron chi connectivity index (χ1n) is 5.36. The molecule has 82 valence electrons. The van der Waals surface area contributed by atoms with Gasteiger partial charge in [0.25, 0.3) is 0 Å². The maximum absolute atomic E-state index is 5.51. The lowest BCUT2D eigenvalue weighted by atomic mass is 10.1. The summed E-state index contributed by atoms with van der Waals surface area (Å²) in [5.74, 6) is 0. The Morgan fingerprint density at radius 1 is 1.47 bits per heavy atom. The van der Waals surface area contributed by atoms with Crippen LogP contribution in [-0.4, -0.2) is 18.8 Å². The molecule has 0 bridgehead atoms. The highest BCUT2D eigenvalue weighted by Crippen LogP contribution is 2.17. The van der Waals surface area contributed by atoms with E-state index in [4.69, 9.17) is 4.74 Å². The van der Waals surface area contributed by atoms with Crippen LogP contribution >= 0.6 is 15.9 Å². The van der Waals surface area contributed by atoms with Gasteiger partial charge >= 0.3 is 0 Å². The van der Waals surface area contributed by atoms with Crippen molar-refractivity contribution in [2.24, 2.45) is 0 Å². The summed E-state index contributed by atoms with van der Waals surface area (Å²) in [5, 5.41) is 3.53. The van der Waals surface area contributed by atoms with E-state index < -0.39 is 0 Å². The van der Waals surface area contributed by atoms with Crippen LogP contribution in [0.4, 0.5) is 0 Å². The van der Waals surface area contributed by atoms with Crippen LogP contribution < -0.4 is 5.32 Å². The Bertz CT molecular complexity index is 329. The normalized spacial score (nSPS) is 25.7. The number of nitrogens with one attached hydrogen (secondary N) is 1. The number of benzene rings is 1. The van der Waals surface area contributed by atoms with E-state index >= 15 is 0 Å². The summed E-state index contributed by atoms with van der Waals surface area (Å²) in [6.07, 6.45) is 1.46. The maximum Gasteiger partial charge on any atom is 0.0700 e. The molecular weight excluding hydrogens is 254 g/mol. The van der Waals surface area contributed by atoms with Crippen LogP contribution in [-0.2, 0) is 11.3 Å². The van der Waals surface area contributed by atoms with Gasteiger partial charge in [-0.1, -0.05) is 34.1 Å². The van der Waals surface area contributed by atoms with Gasteiger partial charge in [-0.05, 0) is 25.0 Å². The Hall–Kier alpha value is -0.380. The SMILES string of the molecule is C[C@H]1OCC[C@@H]1NCc1ccccc1Br. The minimum absolute atomic E-state index is 0.340. The number of hydrogen-bond donors (Lipinski definition) is 1. The van der Waals surface area contributed by atoms with E-state index in [-0.39, 0.29) is 0 Å². The van der Waals surface area contributed by atoms with Gasteiger partial charge in [-0.25, -0.2) is 0 Å². The molecule has 1 aliphatic rings. The Labute approximate surface area is 99.1 Å². The highest BCUT2D eigenvalue weighted by Gasteiger charge is 2.23. The molecule has 0 amide bonds. The van der Waals surface area contributed by atoms with E-state index in [9.17, 15) is 0 Å². The van der Waals surface area contributed by atoms with Crippen LogP contribution in [0.1, 0.15) is 18.9 Å². The standard InChI is InChI=1S/C12H16BrNO/c1-9-12(6-7-15-9)14-8-10-4-2-3-5-11(10)13/h2-5,9,12,14H,6-8H2,1H3/t9-,12+/m1/s1. The van der Waals surface area contributed by atoms with Crippen molar-refractivity contribution in [3.05, 3.63) is 34.3 Å². The minimum Gasteiger partial charge on any atom is -0.377 e. The molecule has 15 heavy (non-hydrogen) atoms. The molecule has 0 aromatic heterocycles. The van der Waals surface area contributed by atoms with Gasteiger partial charge in [0.1, 0.15) is 0 Å². The molecule has 3 heteroatoms. The fourth-order valence-electron chi connectivity index (χ4n) is 1.88. The molecule has 2 atom stereocenters. The predicted molar refractivity (Wildman–Crippen MR) is 64.8 cm³/mol. The molecule has 0 aliphatic carbocycles. The van der Waals surface area contributed by atoms with Crippen molar-refractivity contribution < 1.29 is 4.74 Å². The van der Waals surface area contributed by atoms with E-state index in [1.54, 1.807) is 0 Å². The van der Waals surface area contributed by atoms with Gasteiger partial charge in [0, 0.05) is 23.7 Å². The van der Waals surface area contributed by atoms with Crippen LogP contribution in [0.2, 0.25) is 0 Å². The third-order valence-corrected chi connectivity index (χ3v) is 3.66. The van der Waals surface area contributed by atoms with Crippen LogP contribution in [0, 0.1) is 0 Å². The van der Waals surface area contributed by atoms with E-state index in [0.717, 1.165) is 19.6 Å². The van der Waals surface area contributed by atoms with Crippen molar-refractivity contribution in [2.45, 2.75) is 32.0 Å². The highest BCUT2D eigenvalue weighted by atomic mass is 79.9. The van der Waals surface area contributed by atoms with Crippen molar-refractivity contribution in [3.63, 3.8) is 0 Å². The van der Waals surface area contributed by atoms with E-state index in [1.807, 2.05) is 6.07 Å². The fraction of sp³-hybridized carbons (Fsp3) is 0.500. The summed E-state index contributed by atoms with van der Waals surface area (Å²) < 4.78 is 6.68. The van der Waals surface area contributed by atoms with Gasteiger partial charge in [0.2, 0.25) is 0 Å². The summed E-state index contributed by atoms with van der Waals surface area (Å²) in [6.45, 7) is 3.92. The average Bonchev–Trinajstić information content (AvgIpc) is 2.63. The largest absolute Gasteiger partial charge is 0.377 e. The second-order valence-corrected chi connectivity index (χ2v) is 4.80. The van der Waals surface area contributed by atoms with Gasteiger partial charge < -0.3 is 10.1 Å². The second-order valence-electron chi connectivity index (χ2n) is 3.94. The van der Waals surface area contributed by atoms with Crippen molar-refractivity contribution >= 4 is 15.9 Å². The average molecular weight is 270 g/mol. The maximum atomic E-state index is 5.51. The van der Waals surface area contributed by atoms with E-state index in [2.05, 4.69) is 46.4 Å². The monoisotopic (exact) mass is 269 g/mol. The lowest BCUT2D eigenvalue weighted by Gasteiger charge is -2.16. The smallest absolute Gasteiger partial charge is 0.0700 e. The summed E-state index contributed by atoms with van der Waals surface area (Å²) in [6, 6.07) is 8.81. The quantitative estimate of drug-likeness (QED) is 0.911. The number of hydrogen-bond acceptors (Lipinski definition) is 2. The third kappa shape index (κ3) is 2.80. The van der Waals surface area contributed by atoms with Crippen molar-refractivity contribution in [1.82, 2.24) is 5.32 Å². The second kappa shape index (κ2) is 5.10. The summed E-state index contributed by atoms with van der Waals surface area (Å²) >= 11 is 3.55. The molecule has 1 N–H and O–H groups in total. The number of rotatable bonds is 3. The van der Waals surface area contributed by atoms with Crippen LogP contribution in [0.5, 0.6) is 0 Å². The lowest BCUT2D eigenvalue weighted by Crippen LogP contribution is -2.34. The van der Waals surface area contributed by atoms with Gasteiger partial charge in [-0.15, -0.1) is 0 Å². The first kappa shape index (κ1) is 11.1. The number of halogens is 1. The van der Waals surface area contributed by atoms with Crippen molar-refractivity contribution in [1.29, 1.82) is 0 Å². The zero-order valence-corrected chi connectivity index (χ0v) is 10.5. The molecule has 2 rings (SSSR count). The Balaban J connectivity index is 1.90. The zero-order chi connectivity index (χ0) is 10.7. The lowest BCUT2D eigenvalue weighted by molar-refractivity contribution is 0.113. The van der Waals surface area contributed by atoms with Crippen LogP contribution in [0.15, 0.2) is 28.7 Å². The zero-order valence-electron chi connectivity index (χ0n) is 8.87. The topological polar surface area (TPSA) is 21.3 Å². The Morgan fingerprint density at radius 2 is 2.27 bits per heavy atom. The molecule has 2 nitrogen and oxygen atoms in total. The fourth-order valence-corrected chi connectivity index (χ4v) is 2.31. The molecule has 1 aromatic rings. The summed E-state index contributed by atoms with van der Waals surface area (Å²) in [7, 11) is 0. The third-order valence-electron chi connectivity index (χ3n) is 2.89. The van der Waals surface area contributed by atoms with Gasteiger partial charge in [-0.2, -0.15) is 0 Å². The van der Waals surface area contributed by atoms with E-state index in [0.29, 0.717) is 12.1 Å². The molecule has 0 saturated carbocycles. The molecule has 1 heterocycles. The van der Waals surface area contributed by atoms with Crippen LogP contribution in [0.3, 0.4) is 0 Å². The Morgan fingerprint density at radius 3 is 2.93 bits per heavy atom. The molecule has 0 spiro atoms. The summed E-state index contributed by atoms with van der Waals surface area (Å²) in [5.41, 5.74) is 1.30. The van der Waals surface area contributed by atoms with Gasteiger partial charge in [0.05, 0.1) is 6.10 Å². The first-order chi connectivity index (χ1) is 7.27. The number of ether oxygens (including phenoxy) is 1. The molecule has 1 aliphatic heterocycles. The van der Waals surface area contributed by atoms with Crippen LogP contribution in [0.25, 0.3) is 0 Å². The first-order valence-corrected chi connectivity index (χ1v) is 6.15. The van der Waals surface area contributed by atoms with Crippen molar-refractivity contribution in [3.8, 4) is 0 Å². The molecule has 0 unspecified atom stereocenters. The predicted octanol–water partition coefficient (Wildman–Crippen LogP) is 2.72. The van der Waals surface area contributed by atoms with Crippen molar-refractivity contribution in [2.75, 3.05) is 6.61 Å². The Kier molecular flexibility index (Phi) is 3.78. The van der Waals surface area contributed by atoms with Gasteiger partial charge in [-0.3, -0.25) is 0 Å². The minimum atomic E-state index is 0.340. The van der Waals surface area contributed by atoms with Gasteiger partial charge in [0.15, 0.2) is 0 Å². The summed E-state index contributed by atoms with van der Waals surface area (Å²) in [4.78, 5) is 0. The molecule has 1 aromatic carbocycles. The molecular formula is C12H16BrNO. The van der Waals surface area contributed by atoms with E-state index in [1.165, 1.54) is 10.0 Å².